The zero-order chi connectivity index (χ0) is 32.4. The summed E-state index contributed by atoms with van der Waals surface area (Å²) in [4.78, 5) is 56.6. The number of ether oxygens (including phenoxy) is 4. The third-order valence-electron chi connectivity index (χ3n) is 7.73. The topological polar surface area (TPSA) is 124 Å². The van der Waals surface area contributed by atoms with Gasteiger partial charge in [-0.25, -0.2) is 4.39 Å². The number of nitrogens with one attached hydrogen (secondary N) is 1. The molecule has 0 aromatic heterocycles. The number of benzene rings is 4. The number of hydrogen-bond acceptors (Lipinski definition) is 8. The first kappa shape index (κ1) is 30.1. The second-order valence-corrected chi connectivity index (χ2v) is 10.4. The van der Waals surface area contributed by atoms with Crippen molar-refractivity contribution in [2.75, 3.05) is 37.8 Å². The Morgan fingerprint density at radius 1 is 0.935 bits per heavy atom. The monoisotopic (exact) mass is 625 g/mol. The molecule has 2 aliphatic heterocycles. The first-order valence-electron chi connectivity index (χ1n) is 14.2. The molecule has 12 heteroatoms. The SMILES string of the molecule is COc1ccc(NC(=O)C(c2ccc3c(c2)OCO3)N(Cc2ccccc2F)C(=O)CN2C(=O)C(=O)c3ccccc32)c(OC)c1. The largest absolute Gasteiger partial charge is 0.497 e. The molecule has 4 aromatic rings. The molecule has 2 heterocycles. The standard InChI is InChI=1S/C34H28FN3O8/c1-43-22-12-13-25(28(16-22)44-2)36-33(41)31(20-11-14-27-29(15-20)46-19-45-27)38(17-21-7-3-5-9-24(21)35)30(39)18-37-26-10-6-4-8-23(26)32(40)34(37)42/h3-16,31H,17-19H2,1-2H3,(H,36,41). The van der Waals surface area contributed by atoms with Crippen LogP contribution in [0.25, 0.3) is 0 Å². The van der Waals surface area contributed by atoms with Crippen molar-refractivity contribution in [3.05, 3.63) is 107 Å². The van der Waals surface area contributed by atoms with Crippen LogP contribution >= 0.6 is 0 Å². The highest BCUT2D eigenvalue weighted by atomic mass is 19.1. The zero-order valence-electron chi connectivity index (χ0n) is 24.8. The molecule has 0 saturated heterocycles. The molecule has 46 heavy (non-hydrogen) atoms. The zero-order valence-corrected chi connectivity index (χ0v) is 24.8. The van der Waals surface area contributed by atoms with Crippen LogP contribution in [-0.4, -0.2) is 56.0 Å². The minimum atomic E-state index is -1.38. The fraction of sp³-hybridized carbons (Fsp3) is 0.176. The van der Waals surface area contributed by atoms with E-state index in [4.69, 9.17) is 18.9 Å². The van der Waals surface area contributed by atoms with Crippen LogP contribution in [0.15, 0.2) is 84.9 Å². The fourth-order valence-corrected chi connectivity index (χ4v) is 5.42. The first-order chi connectivity index (χ1) is 22.3. The first-order valence-corrected chi connectivity index (χ1v) is 14.2. The van der Waals surface area contributed by atoms with Crippen LogP contribution in [0.4, 0.5) is 15.8 Å². The van der Waals surface area contributed by atoms with Gasteiger partial charge in [-0.15, -0.1) is 0 Å². The molecule has 234 valence electrons. The van der Waals surface area contributed by atoms with E-state index < -0.39 is 41.9 Å². The van der Waals surface area contributed by atoms with Gasteiger partial charge in [0, 0.05) is 18.2 Å². The lowest BCUT2D eigenvalue weighted by atomic mass is 10.0. The number of fused-ring (bicyclic) bond motifs is 2. The Bertz CT molecular complexity index is 1860. The van der Waals surface area contributed by atoms with Crippen LogP contribution < -0.4 is 29.2 Å². The molecule has 0 fully saturated rings. The molecule has 1 N–H and O–H groups in total. The van der Waals surface area contributed by atoms with Crippen LogP contribution in [0.1, 0.15) is 27.5 Å². The molecule has 0 radical (unpaired) electrons. The molecule has 0 saturated carbocycles. The third kappa shape index (κ3) is 5.68. The van der Waals surface area contributed by atoms with E-state index in [0.717, 1.165) is 4.90 Å². The van der Waals surface area contributed by atoms with E-state index in [9.17, 15) is 19.2 Å². The quantitative estimate of drug-likeness (QED) is 0.256. The Morgan fingerprint density at radius 2 is 1.70 bits per heavy atom. The molecule has 1 atom stereocenters. The molecule has 1 unspecified atom stereocenters. The van der Waals surface area contributed by atoms with E-state index in [2.05, 4.69) is 5.32 Å². The number of amides is 3. The van der Waals surface area contributed by atoms with Crippen LogP contribution in [0.3, 0.4) is 0 Å². The summed E-state index contributed by atoms with van der Waals surface area (Å²) in [5, 5.41) is 2.83. The number of ketones is 1. The van der Waals surface area contributed by atoms with Crippen molar-refractivity contribution in [3.63, 3.8) is 0 Å². The number of Topliss-reactive ketones (excluding diaryl/α,β-unsaturated/α-hetero) is 1. The Morgan fingerprint density at radius 3 is 2.48 bits per heavy atom. The normalized spacial score (nSPS) is 13.7. The summed E-state index contributed by atoms with van der Waals surface area (Å²) in [5.74, 6) is -2.04. The highest BCUT2D eigenvalue weighted by Crippen LogP contribution is 2.38. The maximum Gasteiger partial charge on any atom is 0.299 e. The van der Waals surface area contributed by atoms with Gasteiger partial charge in [-0.1, -0.05) is 36.4 Å². The third-order valence-corrected chi connectivity index (χ3v) is 7.73. The average Bonchev–Trinajstić information content (AvgIpc) is 3.64. The number of halogens is 1. The highest BCUT2D eigenvalue weighted by Gasteiger charge is 2.40. The maximum atomic E-state index is 15.1. The summed E-state index contributed by atoms with van der Waals surface area (Å²) in [6, 6.07) is 20.4. The van der Waals surface area contributed by atoms with E-state index in [0.29, 0.717) is 28.6 Å². The molecular formula is C34H28FN3O8. The van der Waals surface area contributed by atoms with Gasteiger partial charge in [-0.2, -0.15) is 0 Å². The smallest absolute Gasteiger partial charge is 0.299 e. The summed E-state index contributed by atoms with van der Waals surface area (Å²) < 4.78 is 36.8. The van der Waals surface area contributed by atoms with Crippen molar-refractivity contribution < 1.29 is 42.5 Å². The van der Waals surface area contributed by atoms with Crippen LogP contribution in [0.5, 0.6) is 23.0 Å². The minimum Gasteiger partial charge on any atom is -0.497 e. The van der Waals surface area contributed by atoms with E-state index in [1.54, 1.807) is 60.7 Å². The fourth-order valence-electron chi connectivity index (χ4n) is 5.42. The molecule has 6 rings (SSSR count). The number of hydrogen-bond donors (Lipinski definition) is 1. The summed E-state index contributed by atoms with van der Waals surface area (Å²) in [7, 11) is 2.92. The van der Waals surface area contributed by atoms with Crippen molar-refractivity contribution in [2.45, 2.75) is 12.6 Å². The number of methoxy groups -OCH3 is 2. The van der Waals surface area contributed by atoms with Gasteiger partial charge in [0.15, 0.2) is 11.5 Å². The van der Waals surface area contributed by atoms with Crippen molar-refractivity contribution in [3.8, 4) is 23.0 Å². The van der Waals surface area contributed by atoms with Gasteiger partial charge < -0.3 is 29.2 Å². The molecule has 0 spiro atoms. The van der Waals surface area contributed by atoms with Crippen molar-refractivity contribution >= 4 is 34.9 Å². The summed E-state index contributed by atoms with van der Waals surface area (Å²) in [6.07, 6.45) is 0. The lowest BCUT2D eigenvalue weighted by Gasteiger charge is -2.33. The molecule has 0 aliphatic carbocycles. The summed E-state index contributed by atoms with van der Waals surface area (Å²) in [5.41, 5.74) is 1.16. The van der Waals surface area contributed by atoms with Crippen molar-refractivity contribution in [2.24, 2.45) is 0 Å². The Balaban J connectivity index is 1.43. The van der Waals surface area contributed by atoms with E-state index in [1.807, 2.05) is 0 Å². The molecule has 11 nitrogen and oxygen atoms in total. The van der Waals surface area contributed by atoms with Crippen LogP contribution in [0, 0.1) is 5.82 Å². The number of rotatable bonds is 10. The molecule has 0 bridgehead atoms. The van der Waals surface area contributed by atoms with Gasteiger partial charge in [0.2, 0.25) is 12.7 Å². The number of nitrogens with zero attached hydrogens (tertiary/aromatic N) is 2. The Labute approximate surface area is 263 Å². The van der Waals surface area contributed by atoms with Crippen LogP contribution in [-0.2, 0) is 20.9 Å². The van der Waals surface area contributed by atoms with Gasteiger partial charge in [-0.05, 0) is 48.0 Å². The highest BCUT2D eigenvalue weighted by molar-refractivity contribution is 6.52. The van der Waals surface area contributed by atoms with Gasteiger partial charge in [-0.3, -0.25) is 24.1 Å². The molecule has 2 aliphatic rings. The predicted octanol–water partition coefficient (Wildman–Crippen LogP) is 4.51. The van der Waals surface area contributed by atoms with Gasteiger partial charge in [0.05, 0.1) is 31.2 Å². The lowest BCUT2D eigenvalue weighted by molar-refractivity contribution is -0.139. The number of carbonyl (C=O) groups excluding carboxylic acids is 4. The van der Waals surface area contributed by atoms with E-state index in [1.165, 1.54) is 43.4 Å². The number of anilines is 2. The number of para-hydroxylation sites is 1. The molecular weight excluding hydrogens is 597 g/mol. The summed E-state index contributed by atoms with van der Waals surface area (Å²) >= 11 is 0. The Kier molecular flexibility index (Phi) is 8.25. The molecule has 3 amide bonds. The van der Waals surface area contributed by atoms with E-state index in [-0.39, 0.29) is 35.8 Å². The summed E-state index contributed by atoms with van der Waals surface area (Å²) in [6.45, 7) is -0.966. The minimum absolute atomic E-state index is 0.0267. The second-order valence-electron chi connectivity index (χ2n) is 10.4. The predicted molar refractivity (Wildman–Crippen MR) is 164 cm³/mol. The number of carbonyl (C=O) groups is 4. The molecule has 4 aromatic carbocycles. The van der Waals surface area contributed by atoms with Gasteiger partial charge in [0.1, 0.15) is 29.9 Å². The van der Waals surface area contributed by atoms with Crippen LogP contribution in [0.2, 0.25) is 0 Å². The lowest BCUT2D eigenvalue weighted by Crippen LogP contribution is -2.46. The van der Waals surface area contributed by atoms with E-state index >= 15 is 4.39 Å². The van der Waals surface area contributed by atoms with Gasteiger partial charge >= 0.3 is 0 Å². The maximum absolute atomic E-state index is 15.1. The van der Waals surface area contributed by atoms with Crippen molar-refractivity contribution in [1.82, 2.24) is 4.90 Å². The second kappa shape index (κ2) is 12.6. The Hall–Kier alpha value is -5.91. The van der Waals surface area contributed by atoms with Crippen molar-refractivity contribution in [1.29, 1.82) is 0 Å². The van der Waals surface area contributed by atoms with Gasteiger partial charge in [0.25, 0.3) is 17.6 Å². The average molecular weight is 626 g/mol.